The molecule has 0 aromatic heterocycles. The number of nitrogens with zero attached hydrogens (tertiary/aromatic N) is 1. The number of ether oxygens (including phenoxy) is 1. The maximum Gasteiger partial charge on any atom is 0.293 e. The summed E-state index contributed by atoms with van der Waals surface area (Å²) in [5, 5.41) is -0.355. The molecular formula is C25H18Br2FNO3S. The van der Waals surface area contributed by atoms with E-state index in [4.69, 9.17) is 4.74 Å². The predicted molar refractivity (Wildman–Crippen MR) is 135 cm³/mol. The average Bonchev–Trinajstić information content (AvgIpc) is 3.03. The smallest absolute Gasteiger partial charge is 0.293 e. The summed E-state index contributed by atoms with van der Waals surface area (Å²) in [6.07, 6.45) is 1.68. The third kappa shape index (κ3) is 5.75. The zero-order valence-corrected chi connectivity index (χ0v) is 21.5. The average molecular weight is 591 g/mol. The second-order valence-corrected chi connectivity index (χ2v) is 10.2. The molecule has 0 saturated carbocycles. The second kappa shape index (κ2) is 10.2. The van der Waals surface area contributed by atoms with E-state index in [-0.39, 0.29) is 23.5 Å². The van der Waals surface area contributed by atoms with Crippen molar-refractivity contribution in [2.45, 2.75) is 20.1 Å². The van der Waals surface area contributed by atoms with Crippen LogP contribution in [-0.4, -0.2) is 16.0 Å². The molecule has 4 nitrogen and oxygen atoms in total. The van der Waals surface area contributed by atoms with Gasteiger partial charge in [0.1, 0.15) is 18.2 Å². The maximum absolute atomic E-state index is 13.1. The SMILES string of the molecule is Cc1ccc(COc2c(Br)cc(/C=C3\SC(=O)N(Cc4ccc(F)cc4)C3=O)cc2Br)cc1. The Morgan fingerprint density at radius 1 is 0.970 bits per heavy atom. The number of hydrogen-bond donors (Lipinski definition) is 0. The Balaban J connectivity index is 1.49. The van der Waals surface area contributed by atoms with E-state index in [0.29, 0.717) is 22.8 Å². The fraction of sp³-hybridized carbons (Fsp3) is 0.120. The number of rotatable bonds is 6. The molecule has 0 radical (unpaired) electrons. The van der Waals surface area contributed by atoms with Crippen LogP contribution < -0.4 is 4.74 Å². The van der Waals surface area contributed by atoms with Crippen molar-refractivity contribution in [1.29, 1.82) is 0 Å². The predicted octanol–water partition coefficient (Wildman–Crippen LogP) is 7.47. The van der Waals surface area contributed by atoms with Crippen molar-refractivity contribution in [3.63, 3.8) is 0 Å². The van der Waals surface area contributed by atoms with Gasteiger partial charge in [-0.15, -0.1) is 0 Å². The number of benzene rings is 3. The molecule has 0 spiro atoms. The van der Waals surface area contributed by atoms with Gasteiger partial charge in [0.05, 0.1) is 20.4 Å². The molecular weight excluding hydrogens is 573 g/mol. The highest BCUT2D eigenvalue weighted by atomic mass is 79.9. The minimum absolute atomic E-state index is 0.0987. The molecule has 0 N–H and O–H groups in total. The summed E-state index contributed by atoms with van der Waals surface area (Å²) in [5.41, 5.74) is 3.66. The van der Waals surface area contributed by atoms with Crippen LogP contribution in [0.1, 0.15) is 22.3 Å². The normalized spacial score (nSPS) is 14.9. The van der Waals surface area contributed by atoms with Gasteiger partial charge < -0.3 is 4.74 Å². The molecule has 1 aliphatic rings. The van der Waals surface area contributed by atoms with Crippen molar-refractivity contribution in [2.24, 2.45) is 0 Å². The molecule has 168 valence electrons. The first kappa shape index (κ1) is 23.7. The summed E-state index contributed by atoms with van der Waals surface area (Å²) < 4.78 is 20.5. The first-order chi connectivity index (χ1) is 15.8. The molecule has 0 bridgehead atoms. The fourth-order valence-corrected chi connectivity index (χ4v) is 5.49. The molecule has 3 aromatic rings. The van der Waals surface area contributed by atoms with Crippen molar-refractivity contribution < 1.29 is 18.7 Å². The standard InChI is InChI=1S/C25H18Br2FNO3S/c1-15-2-4-17(5-3-15)14-32-23-20(26)10-18(11-21(23)27)12-22-24(30)29(25(31)33-22)13-16-6-8-19(28)9-7-16/h2-12H,13-14H2,1H3/b22-12-. The van der Waals surface area contributed by atoms with Crippen LogP contribution >= 0.6 is 43.6 Å². The van der Waals surface area contributed by atoms with Gasteiger partial charge in [0, 0.05) is 0 Å². The topological polar surface area (TPSA) is 46.6 Å². The molecule has 0 aliphatic carbocycles. The van der Waals surface area contributed by atoms with E-state index < -0.39 is 0 Å². The van der Waals surface area contributed by atoms with Gasteiger partial charge in [-0.25, -0.2) is 4.39 Å². The Hall–Kier alpha value is -2.42. The van der Waals surface area contributed by atoms with Crippen LogP contribution in [0.3, 0.4) is 0 Å². The van der Waals surface area contributed by atoms with Gasteiger partial charge in [0.2, 0.25) is 0 Å². The van der Waals surface area contributed by atoms with Gasteiger partial charge >= 0.3 is 0 Å². The fourth-order valence-electron chi connectivity index (χ4n) is 3.20. The summed E-state index contributed by atoms with van der Waals surface area (Å²) in [6, 6.07) is 17.5. The van der Waals surface area contributed by atoms with Gasteiger partial charge in [-0.1, -0.05) is 42.0 Å². The van der Waals surface area contributed by atoms with Gasteiger partial charge in [0.15, 0.2) is 0 Å². The summed E-state index contributed by atoms with van der Waals surface area (Å²) in [4.78, 5) is 26.7. The van der Waals surface area contributed by atoms with Crippen LogP contribution in [-0.2, 0) is 17.9 Å². The second-order valence-electron chi connectivity index (χ2n) is 7.48. The number of amides is 2. The number of imide groups is 1. The Labute approximate surface area is 212 Å². The number of halogens is 3. The highest BCUT2D eigenvalue weighted by Gasteiger charge is 2.35. The molecule has 1 fully saturated rings. The Bertz CT molecular complexity index is 1220. The quantitative estimate of drug-likeness (QED) is 0.279. The highest BCUT2D eigenvalue weighted by molar-refractivity contribution is 9.11. The molecule has 2 amide bonds. The zero-order chi connectivity index (χ0) is 23.5. The number of carbonyl (C=O) groups is 2. The monoisotopic (exact) mass is 589 g/mol. The molecule has 0 unspecified atom stereocenters. The van der Waals surface area contributed by atoms with E-state index in [1.807, 2.05) is 43.3 Å². The van der Waals surface area contributed by atoms with E-state index in [0.717, 1.165) is 36.7 Å². The van der Waals surface area contributed by atoms with E-state index >= 15 is 0 Å². The van der Waals surface area contributed by atoms with Crippen molar-refractivity contribution in [3.8, 4) is 5.75 Å². The molecule has 4 rings (SSSR count). The third-order valence-corrected chi connectivity index (χ3v) is 7.04. The van der Waals surface area contributed by atoms with E-state index in [9.17, 15) is 14.0 Å². The third-order valence-electron chi connectivity index (χ3n) is 4.95. The molecule has 3 aromatic carbocycles. The lowest BCUT2D eigenvalue weighted by molar-refractivity contribution is -0.123. The van der Waals surface area contributed by atoms with Crippen molar-refractivity contribution >= 4 is 60.8 Å². The van der Waals surface area contributed by atoms with Crippen LogP contribution in [0.5, 0.6) is 5.75 Å². The molecule has 8 heteroatoms. The molecule has 1 heterocycles. The summed E-state index contributed by atoms with van der Waals surface area (Å²) in [7, 11) is 0. The van der Waals surface area contributed by atoms with Gasteiger partial charge in [0.25, 0.3) is 11.1 Å². The minimum atomic E-state index is -0.374. The molecule has 1 saturated heterocycles. The lowest BCUT2D eigenvalue weighted by Crippen LogP contribution is -2.27. The largest absolute Gasteiger partial charge is 0.487 e. The lowest BCUT2D eigenvalue weighted by atomic mass is 10.1. The van der Waals surface area contributed by atoms with Gasteiger partial charge in [-0.3, -0.25) is 14.5 Å². The van der Waals surface area contributed by atoms with E-state index in [1.165, 1.54) is 17.7 Å². The van der Waals surface area contributed by atoms with Gasteiger partial charge in [-0.2, -0.15) is 0 Å². The van der Waals surface area contributed by atoms with E-state index in [1.54, 1.807) is 18.2 Å². The van der Waals surface area contributed by atoms with Crippen molar-refractivity contribution in [1.82, 2.24) is 4.90 Å². The highest BCUT2D eigenvalue weighted by Crippen LogP contribution is 2.38. The summed E-state index contributed by atoms with van der Waals surface area (Å²) in [6.45, 7) is 2.55. The van der Waals surface area contributed by atoms with Gasteiger partial charge in [-0.05, 0) is 97.6 Å². The van der Waals surface area contributed by atoms with Crippen LogP contribution in [0, 0.1) is 12.7 Å². The lowest BCUT2D eigenvalue weighted by Gasteiger charge is -2.13. The Kier molecular flexibility index (Phi) is 7.36. The molecule has 33 heavy (non-hydrogen) atoms. The molecule has 1 aliphatic heterocycles. The van der Waals surface area contributed by atoms with Crippen LogP contribution in [0.4, 0.5) is 9.18 Å². The number of carbonyl (C=O) groups excluding carboxylic acids is 2. The van der Waals surface area contributed by atoms with Crippen LogP contribution in [0.25, 0.3) is 6.08 Å². The number of thioether (sulfide) groups is 1. The summed E-state index contributed by atoms with van der Waals surface area (Å²) in [5.74, 6) is -0.0892. The van der Waals surface area contributed by atoms with Crippen molar-refractivity contribution in [2.75, 3.05) is 0 Å². The Morgan fingerprint density at radius 2 is 1.58 bits per heavy atom. The number of hydrogen-bond acceptors (Lipinski definition) is 4. The van der Waals surface area contributed by atoms with Crippen LogP contribution in [0.15, 0.2) is 74.5 Å². The molecule has 0 atom stereocenters. The van der Waals surface area contributed by atoms with E-state index in [2.05, 4.69) is 31.9 Å². The zero-order valence-electron chi connectivity index (χ0n) is 17.5. The van der Waals surface area contributed by atoms with Crippen molar-refractivity contribution in [3.05, 3.63) is 103 Å². The first-order valence-electron chi connectivity index (χ1n) is 9.97. The Morgan fingerprint density at radius 3 is 2.21 bits per heavy atom. The minimum Gasteiger partial charge on any atom is -0.487 e. The summed E-state index contributed by atoms with van der Waals surface area (Å²) >= 11 is 7.96. The van der Waals surface area contributed by atoms with Crippen LogP contribution in [0.2, 0.25) is 0 Å². The maximum atomic E-state index is 13.1. The first-order valence-corrected chi connectivity index (χ1v) is 12.4. The number of aryl methyl sites for hydroxylation is 1.